The van der Waals surface area contributed by atoms with Gasteiger partial charge in [0.25, 0.3) is 0 Å². The molecule has 3 rings (SSSR count). The number of thiophene rings is 1. The molecule has 0 spiro atoms. The summed E-state index contributed by atoms with van der Waals surface area (Å²) in [6, 6.07) is 4.06. The van der Waals surface area contributed by atoms with Crippen LogP contribution in [0.2, 0.25) is 0 Å². The molecule has 5 heteroatoms. The molecule has 0 amide bonds. The first-order valence-electron chi connectivity index (χ1n) is 5.97. The number of nitrogens with two attached hydrogens (primary N) is 1. The van der Waals surface area contributed by atoms with Crippen molar-refractivity contribution in [1.29, 1.82) is 0 Å². The van der Waals surface area contributed by atoms with Gasteiger partial charge in [0.2, 0.25) is 0 Å². The molecule has 3 N–H and O–H groups in total. The zero-order chi connectivity index (χ0) is 11.7. The van der Waals surface area contributed by atoms with Crippen LogP contribution in [-0.2, 0) is 6.42 Å². The van der Waals surface area contributed by atoms with E-state index in [9.17, 15) is 0 Å². The van der Waals surface area contributed by atoms with Crippen LogP contribution in [0.3, 0.4) is 0 Å². The van der Waals surface area contributed by atoms with Gasteiger partial charge in [0.15, 0.2) is 5.82 Å². The van der Waals surface area contributed by atoms with Crippen LogP contribution in [0.15, 0.2) is 17.5 Å². The second-order valence-electron chi connectivity index (χ2n) is 4.82. The summed E-state index contributed by atoms with van der Waals surface area (Å²) in [4.78, 5) is 5.67. The van der Waals surface area contributed by atoms with E-state index < -0.39 is 0 Å². The van der Waals surface area contributed by atoms with Crippen LogP contribution in [0.25, 0.3) is 10.7 Å². The lowest BCUT2D eigenvalue weighted by Gasteiger charge is -2.40. The van der Waals surface area contributed by atoms with Crippen molar-refractivity contribution in [1.82, 2.24) is 15.2 Å². The smallest absolute Gasteiger partial charge is 0.191 e. The molecule has 0 aromatic carbocycles. The molecule has 0 unspecified atom stereocenters. The van der Waals surface area contributed by atoms with Crippen LogP contribution in [-0.4, -0.2) is 21.7 Å². The Morgan fingerprint density at radius 2 is 2.35 bits per heavy atom. The minimum absolute atomic E-state index is 0.284. The van der Waals surface area contributed by atoms with E-state index in [1.165, 1.54) is 19.3 Å². The van der Waals surface area contributed by atoms with Crippen molar-refractivity contribution in [3.8, 4) is 10.7 Å². The predicted octanol–water partition coefficient (Wildman–Crippen LogP) is 2.20. The van der Waals surface area contributed by atoms with E-state index in [2.05, 4.69) is 15.2 Å². The van der Waals surface area contributed by atoms with Gasteiger partial charge < -0.3 is 5.73 Å². The van der Waals surface area contributed by atoms with Gasteiger partial charge in [-0.25, -0.2) is 4.98 Å². The lowest BCUT2D eigenvalue weighted by Crippen LogP contribution is -2.39. The Bertz CT molecular complexity index is 479. The Hall–Kier alpha value is -1.20. The SMILES string of the molecule is NCC1(Cc2nc(-c3cccs3)n[nH]2)CCC1. The highest BCUT2D eigenvalue weighted by Crippen LogP contribution is 2.42. The van der Waals surface area contributed by atoms with Crippen molar-refractivity contribution in [3.63, 3.8) is 0 Å². The summed E-state index contributed by atoms with van der Waals surface area (Å²) in [5, 5.41) is 9.35. The monoisotopic (exact) mass is 248 g/mol. The highest BCUT2D eigenvalue weighted by Gasteiger charge is 2.36. The first-order valence-corrected chi connectivity index (χ1v) is 6.85. The molecule has 0 bridgehead atoms. The number of nitrogens with one attached hydrogen (secondary N) is 1. The van der Waals surface area contributed by atoms with Crippen LogP contribution in [0.1, 0.15) is 25.1 Å². The third kappa shape index (κ3) is 2.00. The Morgan fingerprint density at radius 1 is 1.47 bits per heavy atom. The fourth-order valence-corrected chi connectivity index (χ4v) is 3.03. The molecule has 2 heterocycles. The second-order valence-corrected chi connectivity index (χ2v) is 5.77. The van der Waals surface area contributed by atoms with E-state index in [0.717, 1.165) is 29.5 Å². The van der Waals surface area contributed by atoms with Gasteiger partial charge in [-0.1, -0.05) is 12.5 Å². The molecular weight excluding hydrogens is 232 g/mol. The van der Waals surface area contributed by atoms with E-state index >= 15 is 0 Å². The first-order chi connectivity index (χ1) is 8.31. The number of H-pyrrole nitrogens is 1. The average molecular weight is 248 g/mol. The van der Waals surface area contributed by atoms with Crippen LogP contribution in [0.4, 0.5) is 0 Å². The number of nitrogens with zero attached hydrogens (tertiary/aromatic N) is 2. The Balaban J connectivity index is 1.77. The van der Waals surface area contributed by atoms with E-state index in [4.69, 9.17) is 5.73 Å². The number of aromatic amines is 1. The van der Waals surface area contributed by atoms with E-state index in [1.54, 1.807) is 11.3 Å². The Kier molecular flexibility index (Phi) is 2.72. The van der Waals surface area contributed by atoms with Crippen LogP contribution in [0.5, 0.6) is 0 Å². The molecule has 2 aromatic heterocycles. The van der Waals surface area contributed by atoms with Gasteiger partial charge in [0.1, 0.15) is 5.82 Å². The summed E-state index contributed by atoms with van der Waals surface area (Å²) in [6.07, 6.45) is 4.67. The number of aromatic nitrogens is 3. The highest BCUT2D eigenvalue weighted by molar-refractivity contribution is 7.13. The maximum Gasteiger partial charge on any atom is 0.191 e. The van der Waals surface area contributed by atoms with E-state index in [0.29, 0.717) is 0 Å². The van der Waals surface area contributed by atoms with E-state index in [-0.39, 0.29) is 5.41 Å². The van der Waals surface area contributed by atoms with Crippen molar-refractivity contribution >= 4 is 11.3 Å². The summed E-state index contributed by atoms with van der Waals surface area (Å²) in [5.74, 6) is 1.78. The molecule has 2 aromatic rings. The topological polar surface area (TPSA) is 67.6 Å². The van der Waals surface area contributed by atoms with Gasteiger partial charge >= 0.3 is 0 Å². The first kappa shape index (κ1) is 10.9. The normalized spacial score (nSPS) is 17.9. The maximum atomic E-state index is 5.86. The standard InChI is InChI=1S/C12H16N4S/c13-8-12(4-2-5-12)7-10-14-11(16-15-10)9-3-1-6-17-9/h1,3,6H,2,4-5,7-8,13H2,(H,14,15,16). The van der Waals surface area contributed by atoms with Crippen LogP contribution < -0.4 is 5.73 Å². The van der Waals surface area contributed by atoms with Gasteiger partial charge in [-0.15, -0.1) is 11.3 Å². The second kappa shape index (κ2) is 4.23. The summed E-state index contributed by atoms with van der Waals surface area (Å²) < 4.78 is 0. The molecule has 4 nitrogen and oxygen atoms in total. The quantitative estimate of drug-likeness (QED) is 0.871. The molecule has 1 aliphatic rings. The van der Waals surface area contributed by atoms with Crippen LogP contribution >= 0.6 is 11.3 Å². The van der Waals surface area contributed by atoms with Crippen molar-refractivity contribution < 1.29 is 0 Å². The predicted molar refractivity (Wildman–Crippen MR) is 68.7 cm³/mol. The minimum Gasteiger partial charge on any atom is -0.330 e. The molecule has 0 atom stereocenters. The number of rotatable bonds is 4. The zero-order valence-electron chi connectivity index (χ0n) is 9.65. The summed E-state index contributed by atoms with van der Waals surface area (Å²) in [7, 11) is 0. The minimum atomic E-state index is 0.284. The molecule has 1 fully saturated rings. The fraction of sp³-hybridized carbons (Fsp3) is 0.500. The van der Waals surface area contributed by atoms with Gasteiger partial charge in [0.05, 0.1) is 4.88 Å². The molecular formula is C12H16N4S. The summed E-state index contributed by atoms with van der Waals surface area (Å²) in [6.45, 7) is 0.752. The van der Waals surface area contributed by atoms with Crippen LogP contribution in [0, 0.1) is 5.41 Å². The average Bonchev–Trinajstić information content (AvgIpc) is 2.94. The molecule has 0 radical (unpaired) electrons. The van der Waals surface area contributed by atoms with E-state index in [1.807, 2.05) is 17.5 Å². The Labute approximate surface area is 104 Å². The van der Waals surface area contributed by atoms with Gasteiger partial charge in [-0.3, -0.25) is 5.10 Å². The van der Waals surface area contributed by atoms with Crippen molar-refractivity contribution in [3.05, 3.63) is 23.3 Å². The molecule has 1 saturated carbocycles. The molecule has 17 heavy (non-hydrogen) atoms. The maximum absolute atomic E-state index is 5.86. The van der Waals surface area contributed by atoms with Crippen molar-refractivity contribution in [2.75, 3.05) is 6.54 Å². The molecule has 1 aliphatic carbocycles. The lowest BCUT2D eigenvalue weighted by molar-refractivity contribution is 0.141. The van der Waals surface area contributed by atoms with Gasteiger partial charge in [-0.2, -0.15) is 5.10 Å². The number of hydrogen-bond acceptors (Lipinski definition) is 4. The number of hydrogen-bond donors (Lipinski definition) is 2. The van der Waals surface area contributed by atoms with Gasteiger partial charge in [0, 0.05) is 6.42 Å². The van der Waals surface area contributed by atoms with Crippen molar-refractivity contribution in [2.24, 2.45) is 11.1 Å². The molecule has 0 aliphatic heterocycles. The molecule has 0 saturated heterocycles. The highest BCUT2D eigenvalue weighted by atomic mass is 32.1. The summed E-state index contributed by atoms with van der Waals surface area (Å²) >= 11 is 1.66. The molecule has 90 valence electrons. The largest absolute Gasteiger partial charge is 0.330 e. The fourth-order valence-electron chi connectivity index (χ4n) is 2.38. The summed E-state index contributed by atoms with van der Waals surface area (Å²) in [5.41, 5.74) is 6.14. The van der Waals surface area contributed by atoms with Gasteiger partial charge in [-0.05, 0) is 36.2 Å². The zero-order valence-corrected chi connectivity index (χ0v) is 10.5. The van der Waals surface area contributed by atoms with Crippen molar-refractivity contribution in [2.45, 2.75) is 25.7 Å². The third-order valence-electron chi connectivity index (χ3n) is 3.66. The lowest BCUT2D eigenvalue weighted by atomic mass is 9.66. The Morgan fingerprint density at radius 3 is 2.94 bits per heavy atom. The third-order valence-corrected chi connectivity index (χ3v) is 4.53.